The van der Waals surface area contributed by atoms with Crippen LogP contribution in [0.15, 0.2) is 42.7 Å². The highest BCUT2D eigenvalue weighted by Gasteiger charge is 2.10. The number of halogens is 2. The number of anilines is 1. The van der Waals surface area contributed by atoms with Crippen LogP contribution in [0.5, 0.6) is 5.75 Å². The highest BCUT2D eigenvalue weighted by molar-refractivity contribution is 6.35. The fraction of sp³-hybridized carbons (Fsp3) is 0.125. The molecule has 0 saturated carbocycles. The van der Waals surface area contributed by atoms with Crippen LogP contribution in [-0.4, -0.2) is 21.9 Å². The van der Waals surface area contributed by atoms with Gasteiger partial charge in [-0.05, 0) is 37.3 Å². The molecule has 2 aromatic heterocycles. The van der Waals surface area contributed by atoms with E-state index in [9.17, 15) is 4.79 Å². The number of aromatic nitrogens is 2. The second-order valence-electron chi connectivity index (χ2n) is 4.90. The maximum Gasteiger partial charge on any atom is 0.262 e. The normalized spacial score (nSPS) is 10.7. The maximum atomic E-state index is 12.1. The molecule has 0 aliphatic carbocycles. The van der Waals surface area contributed by atoms with Crippen LogP contribution in [0.4, 0.5) is 5.69 Å². The third-order valence-electron chi connectivity index (χ3n) is 3.35. The van der Waals surface area contributed by atoms with Gasteiger partial charge in [-0.25, -0.2) is 4.98 Å². The summed E-state index contributed by atoms with van der Waals surface area (Å²) in [5.74, 6) is 0.131. The zero-order chi connectivity index (χ0) is 16.4. The smallest absolute Gasteiger partial charge is 0.262 e. The zero-order valence-electron chi connectivity index (χ0n) is 12.2. The molecule has 2 heterocycles. The van der Waals surface area contributed by atoms with Gasteiger partial charge in [-0.3, -0.25) is 4.79 Å². The van der Waals surface area contributed by atoms with Crippen molar-refractivity contribution in [1.29, 1.82) is 0 Å². The molecule has 118 valence electrons. The summed E-state index contributed by atoms with van der Waals surface area (Å²) in [6.07, 6.45) is 3.55. The standard InChI is InChI=1S/C16H13Cl2N3O2/c1-10-13(3-5-15-19-6-7-21(10)15)20-16(22)9-23-14-4-2-11(17)8-12(14)18/h2-8H,9H2,1H3,(H,20,22). The molecular formula is C16H13Cl2N3O2. The molecule has 0 spiro atoms. The summed E-state index contributed by atoms with van der Waals surface area (Å²) in [4.78, 5) is 16.3. The molecule has 5 nitrogen and oxygen atoms in total. The van der Waals surface area contributed by atoms with Crippen LogP contribution in [-0.2, 0) is 4.79 Å². The van der Waals surface area contributed by atoms with Crippen LogP contribution in [0.1, 0.15) is 5.69 Å². The van der Waals surface area contributed by atoms with Crippen LogP contribution in [0, 0.1) is 6.92 Å². The lowest BCUT2D eigenvalue weighted by Gasteiger charge is -2.11. The molecule has 1 amide bonds. The fourth-order valence-electron chi connectivity index (χ4n) is 2.18. The maximum absolute atomic E-state index is 12.1. The summed E-state index contributed by atoms with van der Waals surface area (Å²) >= 11 is 11.8. The number of imidazole rings is 1. The summed E-state index contributed by atoms with van der Waals surface area (Å²) in [7, 11) is 0. The average molecular weight is 350 g/mol. The predicted molar refractivity (Wildman–Crippen MR) is 90.5 cm³/mol. The molecule has 1 N–H and O–H groups in total. The number of nitrogens with one attached hydrogen (secondary N) is 1. The van der Waals surface area contributed by atoms with Crippen molar-refractivity contribution in [3.8, 4) is 5.75 Å². The first-order valence-corrected chi connectivity index (χ1v) is 7.60. The van der Waals surface area contributed by atoms with Crippen molar-refractivity contribution in [2.24, 2.45) is 0 Å². The Hall–Kier alpha value is -2.24. The zero-order valence-corrected chi connectivity index (χ0v) is 13.7. The van der Waals surface area contributed by atoms with Gasteiger partial charge < -0.3 is 14.5 Å². The van der Waals surface area contributed by atoms with E-state index in [-0.39, 0.29) is 12.5 Å². The minimum Gasteiger partial charge on any atom is -0.482 e. The van der Waals surface area contributed by atoms with Gasteiger partial charge in [-0.2, -0.15) is 0 Å². The molecule has 0 saturated heterocycles. The lowest BCUT2D eigenvalue weighted by Crippen LogP contribution is -2.21. The van der Waals surface area contributed by atoms with Crippen LogP contribution in [0.3, 0.4) is 0 Å². The molecule has 0 atom stereocenters. The number of ether oxygens (including phenoxy) is 1. The Labute approximate surface area is 142 Å². The lowest BCUT2D eigenvalue weighted by atomic mass is 10.3. The minimum absolute atomic E-state index is 0.150. The Morgan fingerprint density at radius 2 is 2.13 bits per heavy atom. The number of carbonyl (C=O) groups excluding carboxylic acids is 1. The molecule has 1 aromatic carbocycles. The van der Waals surface area contributed by atoms with Crippen molar-refractivity contribution in [2.45, 2.75) is 6.92 Å². The van der Waals surface area contributed by atoms with Crippen molar-refractivity contribution in [1.82, 2.24) is 9.38 Å². The van der Waals surface area contributed by atoms with Crippen molar-refractivity contribution in [3.05, 3.63) is 58.5 Å². The monoisotopic (exact) mass is 349 g/mol. The minimum atomic E-state index is -0.279. The molecule has 0 unspecified atom stereocenters. The Morgan fingerprint density at radius 1 is 1.30 bits per heavy atom. The predicted octanol–water partition coefficient (Wildman–Crippen LogP) is 3.97. The van der Waals surface area contributed by atoms with Gasteiger partial charge in [0.2, 0.25) is 0 Å². The number of rotatable bonds is 4. The van der Waals surface area contributed by atoms with Crippen LogP contribution < -0.4 is 10.1 Å². The first-order chi connectivity index (χ1) is 11.0. The number of hydrogen-bond donors (Lipinski definition) is 1. The van der Waals surface area contributed by atoms with E-state index >= 15 is 0 Å². The van der Waals surface area contributed by atoms with E-state index in [1.165, 1.54) is 0 Å². The van der Waals surface area contributed by atoms with Gasteiger partial charge in [-0.15, -0.1) is 0 Å². The number of aryl methyl sites for hydroxylation is 1. The van der Waals surface area contributed by atoms with Gasteiger partial charge in [0.15, 0.2) is 6.61 Å². The van der Waals surface area contributed by atoms with E-state index in [1.54, 1.807) is 24.4 Å². The SMILES string of the molecule is Cc1c(NC(=O)COc2ccc(Cl)cc2Cl)ccc2nccn12. The highest BCUT2D eigenvalue weighted by Crippen LogP contribution is 2.27. The van der Waals surface area contributed by atoms with Gasteiger partial charge in [0.25, 0.3) is 5.91 Å². The molecule has 0 radical (unpaired) electrons. The number of nitrogens with zero attached hydrogens (tertiary/aromatic N) is 2. The molecule has 3 aromatic rings. The topological polar surface area (TPSA) is 55.6 Å². The Bertz CT molecular complexity index is 877. The lowest BCUT2D eigenvalue weighted by molar-refractivity contribution is -0.118. The Kier molecular flexibility index (Phi) is 4.41. The van der Waals surface area contributed by atoms with E-state index in [4.69, 9.17) is 27.9 Å². The number of amides is 1. The molecule has 0 aliphatic rings. The summed E-state index contributed by atoms with van der Waals surface area (Å²) in [5.41, 5.74) is 2.41. The summed E-state index contributed by atoms with van der Waals surface area (Å²) < 4.78 is 7.31. The van der Waals surface area contributed by atoms with Crippen molar-refractivity contribution in [2.75, 3.05) is 11.9 Å². The van der Waals surface area contributed by atoms with Gasteiger partial charge in [-0.1, -0.05) is 23.2 Å². The van der Waals surface area contributed by atoms with E-state index < -0.39 is 0 Å². The third kappa shape index (κ3) is 3.41. The van der Waals surface area contributed by atoms with Crippen molar-refractivity contribution < 1.29 is 9.53 Å². The number of hydrogen-bond acceptors (Lipinski definition) is 3. The molecule has 7 heteroatoms. The first kappa shape index (κ1) is 15.6. The third-order valence-corrected chi connectivity index (χ3v) is 3.88. The molecule has 0 fully saturated rings. The summed E-state index contributed by atoms with van der Waals surface area (Å²) in [6.45, 7) is 1.75. The molecule has 0 bridgehead atoms. The number of pyridine rings is 1. The van der Waals surface area contributed by atoms with Gasteiger partial charge in [0.05, 0.1) is 10.7 Å². The van der Waals surface area contributed by atoms with Crippen LogP contribution in [0.2, 0.25) is 10.0 Å². The van der Waals surface area contributed by atoms with Gasteiger partial charge >= 0.3 is 0 Å². The fourth-order valence-corrected chi connectivity index (χ4v) is 2.65. The summed E-state index contributed by atoms with van der Waals surface area (Å²) in [6, 6.07) is 8.48. The molecular weight excluding hydrogens is 337 g/mol. The molecule has 23 heavy (non-hydrogen) atoms. The highest BCUT2D eigenvalue weighted by atomic mass is 35.5. The first-order valence-electron chi connectivity index (χ1n) is 6.85. The van der Waals surface area contributed by atoms with E-state index in [0.29, 0.717) is 21.5 Å². The van der Waals surface area contributed by atoms with Crippen molar-refractivity contribution in [3.63, 3.8) is 0 Å². The largest absolute Gasteiger partial charge is 0.482 e. The Morgan fingerprint density at radius 3 is 2.91 bits per heavy atom. The Balaban J connectivity index is 1.67. The molecule has 0 aliphatic heterocycles. The van der Waals surface area contributed by atoms with Crippen LogP contribution in [0.25, 0.3) is 5.65 Å². The van der Waals surface area contributed by atoms with Crippen LogP contribution >= 0.6 is 23.2 Å². The van der Waals surface area contributed by atoms with E-state index in [1.807, 2.05) is 29.7 Å². The van der Waals surface area contributed by atoms with E-state index in [0.717, 1.165) is 11.3 Å². The quantitative estimate of drug-likeness (QED) is 0.775. The van der Waals surface area contributed by atoms with E-state index in [2.05, 4.69) is 10.3 Å². The second kappa shape index (κ2) is 6.48. The summed E-state index contributed by atoms with van der Waals surface area (Å²) in [5, 5.41) is 3.68. The number of carbonyl (C=O) groups is 1. The van der Waals surface area contributed by atoms with Gasteiger partial charge in [0.1, 0.15) is 11.4 Å². The average Bonchev–Trinajstić information content (AvgIpc) is 2.98. The number of benzene rings is 1. The second-order valence-corrected chi connectivity index (χ2v) is 5.74. The van der Waals surface area contributed by atoms with Crippen molar-refractivity contribution >= 4 is 40.4 Å². The molecule has 3 rings (SSSR count). The van der Waals surface area contributed by atoms with Gasteiger partial charge in [0, 0.05) is 23.1 Å². The number of fused-ring (bicyclic) bond motifs is 1.